The van der Waals surface area contributed by atoms with Crippen LogP contribution >= 0.6 is 0 Å². The summed E-state index contributed by atoms with van der Waals surface area (Å²) in [6, 6.07) is -0.0257. The van der Waals surface area contributed by atoms with Crippen molar-refractivity contribution in [2.75, 3.05) is 5.73 Å². The van der Waals surface area contributed by atoms with Crippen LogP contribution < -0.4 is 10.5 Å². The van der Waals surface area contributed by atoms with E-state index in [0.717, 1.165) is 0 Å². The lowest BCUT2D eigenvalue weighted by Crippen LogP contribution is -2.20. The van der Waals surface area contributed by atoms with Crippen LogP contribution in [0.15, 0.2) is 12.1 Å². The minimum absolute atomic E-state index is 0.0381. The van der Waals surface area contributed by atoms with Crippen molar-refractivity contribution >= 4 is 5.69 Å². The number of nitrogen functional groups attached to an aromatic ring is 1. The molecular formula is C8H4F7NO. The van der Waals surface area contributed by atoms with Gasteiger partial charge in [0.2, 0.25) is 0 Å². The van der Waals surface area contributed by atoms with Crippen molar-refractivity contribution in [1.29, 1.82) is 0 Å². The molecule has 96 valence electrons. The first-order chi connectivity index (χ1) is 7.50. The van der Waals surface area contributed by atoms with E-state index in [1.54, 1.807) is 0 Å². The fourth-order valence-corrected chi connectivity index (χ4v) is 1.00. The zero-order valence-corrected chi connectivity index (χ0v) is 7.79. The van der Waals surface area contributed by atoms with Gasteiger partial charge < -0.3 is 10.5 Å². The Morgan fingerprint density at radius 2 is 1.53 bits per heavy atom. The summed E-state index contributed by atoms with van der Waals surface area (Å²) in [6.45, 7) is 0. The maximum absolute atomic E-state index is 12.8. The first kappa shape index (κ1) is 13.4. The van der Waals surface area contributed by atoms with Crippen molar-refractivity contribution < 1.29 is 35.5 Å². The molecule has 17 heavy (non-hydrogen) atoms. The molecule has 0 atom stereocenters. The molecule has 0 aliphatic carbocycles. The zero-order chi connectivity index (χ0) is 13.4. The molecule has 0 fully saturated rings. The Balaban J connectivity index is 3.32. The van der Waals surface area contributed by atoms with Crippen molar-refractivity contribution in [2.24, 2.45) is 0 Å². The molecule has 1 aromatic carbocycles. The molecule has 0 aliphatic rings. The number of hydrogen-bond donors (Lipinski definition) is 1. The fraction of sp³-hybridized carbons (Fsp3) is 0.250. The molecule has 2 N–H and O–H groups in total. The van der Waals surface area contributed by atoms with E-state index in [0.29, 0.717) is 0 Å². The molecule has 0 aliphatic heterocycles. The molecule has 0 radical (unpaired) electrons. The van der Waals surface area contributed by atoms with E-state index in [1.807, 2.05) is 0 Å². The number of halogens is 7. The summed E-state index contributed by atoms with van der Waals surface area (Å²) in [6.07, 6.45) is -10.5. The molecule has 0 saturated carbocycles. The largest absolute Gasteiger partial charge is 0.573 e. The van der Waals surface area contributed by atoms with Crippen molar-refractivity contribution in [3.8, 4) is 5.75 Å². The Hall–Kier alpha value is -1.67. The van der Waals surface area contributed by atoms with Gasteiger partial charge in [0.05, 0.1) is 5.69 Å². The van der Waals surface area contributed by atoms with Gasteiger partial charge in [-0.05, 0) is 6.07 Å². The second-order valence-electron chi connectivity index (χ2n) is 2.92. The van der Waals surface area contributed by atoms with Gasteiger partial charge in [0.25, 0.3) is 0 Å². The van der Waals surface area contributed by atoms with Crippen LogP contribution in [0.25, 0.3) is 0 Å². The van der Waals surface area contributed by atoms with E-state index < -0.39 is 35.4 Å². The van der Waals surface area contributed by atoms with Gasteiger partial charge in [-0.3, -0.25) is 0 Å². The molecule has 9 heteroatoms. The minimum Gasteiger partial charge on any atom is -0.405 e. The Kier molecular flexibility index (Phi) is 3.13. The van der Waals surface area contributed by atoms with Gasteiger partial charge in [0, 0.05) is 6.07 Å². The lowest BCUT2D eigenvalue weighted by molar-refractivity contribution is -0.276. The highest BCUT2D eigenvalue weighted by Crippen LogP contribution is 2.40. The monoisotopic (exact) mass is 263 g/mol. The lowest BCUT2D eigenvalue weighted by Gasteiger charge is -2.16. The second-order valence-corrected chi connectivity index (χ2v) is 2.92. The summed E-state index contributed by atoms with van der Waals surface area (Å²) in [5.74, 6) is -3.12. The van der Waals surface area contributed by atoms with Gasteiger partial charge in [-0.15, -0.1) is 13.2 Å². The normalized spacial score (nSPS) is 12.6. The van der Waals surface area contributed by atoms with Crippen LogP contribution in [0.2, 0.25) is 0 Å². The van der Waals surface area contributed by atoms with Gasteiger partial charge in [-0.25, -0.2) is 4.39 Å². The average Bonchev–Trinajstić information content (AvgIpc) is 2.06. The first-order valence-corrected chi connectivity index (χ1v) is 3.92. The fourth-order valence-electron chi connectivity index (χ4n) is 1.00. The summed E-state index contributed by atoms with van der Waals surface area (Å²) in [5.41, 5.74) is 2.12. The Bertz CT molecular complexity index is 423. The van der Waals surface area contributed by atoms with E-state index in [-0.39, 0.29) is 12.1 Å². The predicted molar refractivity (Wildman–Crippen MR) is 42.5 cm³/mol. The van der Waals surface area contributed by atoms with Gasteiger partial charge in [0.1, 0.15) is 17.1 Å². The third-order valence-corrected chi connectivity index (χ3v) is 1.63. The quantitative estimate of drug-likeness (QED) is 0.623. The van der Waals surface area contributed by atoms with Gasteiger partial charge in [0.15, 0.2) is 0 Å². The van der Waals surface area contributed by atoms with E-state index >= 15 is 0 Å². The van der Waals surface area contributed by atoms with Crippen molar-refractivity contribution in [2.45, 2.75) is 12.5 Å². The van der Waals surface area contributed by atoms with Gasteiger partial charge in [-0.1, -0.05) is 0 Å². The highest BCUT2D eigenvalue weighted by Gasteiger charge is 2.40. The van der Waals surface area contributed by atoms with Crippen molar-refractivity contribution in [3.05, 3.63) is 23.5 Å². The molecule has 0 bridgehead atoms. The SMILES string of the molecule is Nc1cc(C(F)(F)F)c(OC(F)(F)F)cc1F. The molecule has 0 unspecified atom stereocenters. The Morgan fingerprint density at radius 3 is 1.94 bits per heavy atom. The molecule has 0 saturated heterocycles. The summed E-state index contributed by atoms with van der Waals surface area (Å²) < 4.78 is 88.2. The van der Waals surface area contributed by atoms with Crippen LogP contribution in [0, 0.1) is 5.82 Å². The average molecular weight is 263 g/mol. The molecular weight excluding hydrogens is 259 g/mol. The number of hydrogen-bond acceptors (Lipinski definition) is 2. The van der Waals surface area contributed by atoms with Crippen LogP contribution in [-0.4, -0.2) is 6.36 Å². The maximum Gasteiger partial charge on any atom is 0.573 e. The van der Waals surface area contributed by atoms with Gasteiger partial charge >= 0.3 is 12.5 Å². The number of ether oxygens (including phenoxy) is 1. The highest BCUT2D eigenvalue weighted by molar-refractivity contribution is 5.50. The summed E-state index contributed by atoms with van der Waals surface area (Å²) in [7, 11) is 0. The molecule has 0 spiro atoms. The molecule has 0 heterocycles. The summed E-state index contributed by atoms with van der Waals surface area (Å²) in [4.78, 5) is 0. The minimum atomic E-state index is -5.36. The molecule has 1 aromatic rings. The molecule has 1 rings (SSSR count). The topological polar surface area (TPSA) is 35.2 Å². The number of nitrogens with two attached hydrogens (primary N) is 1. The second kappa shape index (κ2) is 3.97. The molecule has 0 amide bonds. The standard InChI is InChI=1S/C8H4F7NO/c9-4-2-6(17-8(13,14)15)3(1-5(4)16)7(10,11)12/h1-2H,16H2. The van der Waals surface area contributed by atoms with Crippen molar-refractivity contribution in [3.63, 3.8) is 0 Å². The zero-order valence-electron chi connectivity index (χ0n) is 7.79. The Labute approximate surface area is 89.8 Å². The number of benzene rings is 1. The third-order valence-electron chi connectivity index (χ3n) is 1.63. The van der Waals surface area contributed by atoms with Gasteiger partial charge in [-0.2, -0.15) is 13.2 Å². The van der Waals surface area contributed by atoms with E-state index in [2.05, 4.69) is 4.74 Å². The lowest BCUT2D eigenvalue weighted by atomic mass is 10.1. The van der Waals surface area contributed by atoms with Crippen LogP contribution in [0.4, 0.5) is 36.4 Å². The predicted octanol–water partition coefficient (Wildman–Crippen LogP) is 3.33. The van der Waals surface area contributed by atoms with Crippen LogP contribution in [0.1, 0.15) is 5.56 Å². The molecule has 0 aromatic heterocycles. The Morgan fingerprint density at radius 1 is 1.00 bits per heavy atom. The highest BCUT2D eigenvalue weighted by atomic mass is 19.4. The summed E-state index contributed by atoms with van der Waals surface area (Å²) in [5, 5.41) is 0. The third kappa shape index (κ3) is 3.40. The van der Waals surface area contributed by atoms with Crippen molar-refractivity contribution in [1.82, 2.24) is 0 Å². The van der Waals surface area contributed by atoms with E-state index in [1.165, 1.54) is 0 Å². The maximum atomic E-state index is 12.8. The number of rotatable bonds is 1. The van der Waals surface area contributed by atoms with Crippen LogP contribution in [0.5, 0.6) is 5.75 Å². The van der Waals surface area contributed by atoms with E-state index in [4.69, 9.17) is 5.73 Å². The molecule has 2 nitrogen and oxygen atoms in total. The van der Waals surface area contributed by atoms with Crippen LogP contribution in [-0.2, 0) is 6.18 Å². The van der Waals surface area contributed by atoms with Crippen LogP contribution in [0.3, 0.4) is 0 Å². The smallest absolute Gasteiger partial charge is 0.405 e. The first-order valence-electron chi connectivity index (χ1n) is 3.92. The number of anilines is 1. The summed E-state index contributed by atoms with van der Waals surface area (Å²) >= 11 is 0. The number of alkyl halides is 6. The van der Waals surface area contributed by atoms with E-state index in [9.17, 15) is 30.7 Å².